The monoisotopic (exact) mass is 346 g/mol. The van der Waals surface area contributed by atoms with Gasteiger partial charge < -0.3 is 10.6 Å². The number of hydrogen-bond donors (Lipinski definition) is 4. The Morgan fingerprint density at radius 2 is 1.78 bits per heavy atom. The Bertz CT molecular complexity index is 588. The molecule has 1 saturated carbocycles. The number of hydrazine groups is 1. The molecule has 0 saturated heterocycles. The molecule has 2 aliphatic rings. The molecule has 1 aromatic carbocycles. The summed E-state index contributed by atoms with van der Waals surface area (Å²) in [5, 5.41) is 7.69. The van der Waals surface area contributed by atoms with Gasteiger partial charge in [0.1, 0.15) is 0 Å². The van der Waals surface area contributed by atoms with Gasteiger partial charge in [-0.25, -0.2) is 0 Å². The minimum Gasteiger partial charge on any atom is -0.361 e. The minimum absolute atomic E-state index is 0.450. The lowest BCUT2D eigenvalue weighted by molar-refractivity contribution is 0.518. The van der Waals surface area contributed by atoms with E-state index in [9.17, 15) is 0 Å². The summed E-state index contributed by atoms with van der Waals surface area (Å²) < 4.78 is 0. The van der Waals surface area contributed by atoms with Crippen molar-refractivity contribution >= 4 is 34.7 Å². The Morgan fingerprint density at radius 3 is 2.48 bits per heavy atom. The molecule has 0 unspecified atom stereocenters. The van der Waals surface area contributed by atoms with Gasteiger partial charge in [0.2, 0.25) is 0 Å². The van der Waals surface area contributed by atoms with Gasteiger partial charge in [-0.2, -0.15) is 0 Å². The van der Waals surface area contributed by atoms with E-state index in [2.05, 4.69) is 45.8 Å². The van der Waals surface area contributed by atoms with Crippen LogP contribution in [0.1, 0.15) is 18.4 Å². The van der Waals surface area contributed by atoms with Gasteiger partial charge in [-0.15, -0.1) is 0 Å². The van der Waals surface area contributed by atoms with Gasteiger partial charge in [-0.05, 0) is 61.1 Å². The van der Waals surface area contributed by atoms with Crippen molar-refractivity contribution in [1.82, 2.24) is 21.5 Å². The van der Waals surface area contributed by atoms with Crippen LogP contribution in [-0.2, 0) is 6.42 Å². The zero-order chi connectivity index (χ0) is 16.1. The Balaban J connectivity index is 1.29. The molecular weight excluding hydrogens is 324 g/mol. The fourth-order valence-electron chi connectivity index (χ4n) is 3.27. The van der Waals surface area contributed by atoms with E-state index in [-0.39, 0.29) is 0 Å². The first kappa shape index (κ1) is 16.2. The lowest BCUT2D eigenvalue weighted by Crippen LogP contribution is -2.53. The van der Waals surface area contributed by atoms with Crippen molar-refractivity contribution in [3.63, 3.8) is 0 Å². The van der Waals surface area contributed by atoms with E-state index in [1.807, 2.05) is 18.2 Å². The van der Waals surface area contributed by atoms with Crippen LogP contribution in [0.15, 0.2) is 42.5 Å². The first-order chi connectivity index (χ1) is 11.2. The fourth-order valence-corrected chi connectivity index (χ4v) is 3.63. The predicted molar refractivity (Wildman–Crippen MR) is 102 cm³/mol. The van der Waals surface area contributed by atoms with E-state index >= 15 is 0 Å². The Morgan fingerprint density at radius 1 is 1.00 bits per heavy atom. The number of fused-ring (bicyclic) bond motifs is 2. The van der Waals surface area contributed by atoms with Crippen molar-refractivity contribution < 1.29 is 0 Å². The Kier molecular flexibility index (Phi) is 5.46. The summed E-state index contributed by atoms with van der Waals surface area (Å²) in [5.74, 6) is 1.35. The van der Waals surface area contributed by atoms with Crippen molar-refractivity contribution in [1.29, 1.82) is 0 Å². The SMILES string of the molecule is S=C(NCCc1ccccc1)NNC(=S)N[C@H]1C[C@@H]2C=C[C@H]1C2. The summed E-state index contributed by atoms with van der Waals surface area (Å²) in [5.41, 5.74) is 7.18. The normalized spacial score (nSPS) is 24.3. The second-order valence-electron chi connectivity index (χ2n) is 6.10. The van der Waals surface area contributed by atoms with Gasteiger partial charge in [-0.1, -0.05) is 42.5 Å². The zero-order valence-electron chi connectivity index (χ0n) is 12.9. The largest absolute Gasteiger partial charge is 0.361 e. The van der Waals surface area contributed by atoms with Crippen LogP contribution in [0.25, 0.3) is 0 Å². The van der Waals surface area contributed by atoms with Crippen molar-refractivity contribution in [3.05, 3.63) is 48.0 Å². The highest BCUT2D eigenvalue weighted by Gasteiger charge is 2.35. The van der Waals surface area contributed by atoms with Crippen molar-refractivity contribution in [2.45, 2.75) is 25.3 Å². The standard InChI is InChI=1S/C17H22N4S2/c22-16(18-9-8-12-4-2-1-3-5-12)20-21-17(23)19-15-11-13-6-7-14(15)10-13/h1-7,13-15H,8-11H2,(H2,18,20,22)(H2,19,21,23)/t13-,14+,15+/m1/s1. The van der Waals surface area contributed by atoms with Gasteiger partial charge in [0.05, 0.1) is 0 Å². The number of rotatable bonds is 4. The summed E-state index contributed by atoms with van der Waals surface area (Å²) >= 11 is 10.6. The molecule has 122 valence electrons. The number of hydrogen-bond acceptors (Lipinski definition) is 2. The van der Waals surface area contributed by atoms with E-state index in [1.165, 1.54) is 18.4 Å². The molecule has 1 fully saturated rings. The van der Waals surface area contributed by atoms with E-state index < -0.39 is 0 Å². The Hall–Kier alpha value is -1.66. The highest BCUT2D eigenvalue weighted by Crippen LogP contribution is 2.38. The molecule has 0 aliphatic heterocycles. The molecule has 3 rings (SSSR count). The first-order valence-corrected chi connectivity index (χ1v) is 8.85. The molecule has 0 radical (unpaired) electrons. The van der Waals surface area contributed by atoms with Crippen LogP contribution in [0.2, 0.25) is 0 Å². The third-order valence-corrected chi connectivity index (χ3v) is 4.89. The van der Waals surface area contributed by atoms with Crippen LogP contribution < -0.4 is 21.5 Å². The molecule has 3 atom stereocenters. The second kappa shape index (κ2) is 7.75. The molecule has 2 aliphatic carbocycles. The topological polar surface area (TPSA) is 48.1 Å². The molecule has 4 nitrogen and oxygen atoms in total. The van der Waals surface area contributed by atoms with Gasteiger partial charge in [0.25, 0.3) is 0 Å². The van der Waals surface area contributed by atoms with E-state index in [4.69, 9.17) is 24.4 Å². The van der Waals surface area contributed by atoms with Crippen LogP contribution in [0.3, 0.4) is 0 Å². The molecule has 0 spiro atoms. The van der Waals surface area contributed by atoms with E-state index in [0.29, 0.717) is 22.2 Å². The fraction of sp³-hybridized carbons (Fsp3) is 0.412. The van der Waals surface area contributed by atoms with Crippen LogP contribution in [0.5, 0.6) is 0 Å². The molecule has 23 heavy (non-hydrogen) atoms. The van der Waals surface area contributed by atoms with Gasteiger partial charge >= 0.3 is 0 Å². The molecule has 6 heteroatoms. The highest BCUT2D eigenvalue weighted by molar-refractivity contribution is 7.80. The summed E-state index contributed by atoms with van der Waals surface area (Å²) in [6, 6.07) is 10.8. The molecular formula is C17H22N4S2. The second-order valence-corrected chi connectivity index (χ2v) is 6.92. The number of allylic oxidation sites excluding steroid dienone is 1. The lowest BCUT2D eigenvalue weighted by Gasteiger charge is -2.22. The van der Waals surface area contributed by atoms with Gasteiger partial charge in [-0.3, -0.25) is 10.9 Å². The average Bonchev–Trinajstić information content (AvgIpc) is 3.17. The quantitative estimate of drug-likeness (QED) is 0.380. The van der Waals surface area contributed by atoms with Crippen molar-refractivity contribution in [2.24, 2.45) is 11.8 Å². The molecule has 1 aromatic rings. The molecule has 2 bridgehead atoms. The Labute approximate surface area is 148 Å². The zero-order valence-corrected chi connectivity index (χ0v) is 14.6. The summed E-state index contributed by atoms with van der Waals surface area (Å²) in [4.78, 5) is 0. The average molecular weight is 347 g/mol. The molecule has 0 amide bonds. The maximum atomic E-state index is 5.32. The molecule has 0 aromatic heterocycles. The van der Waals surface area contributed by atoms with Crippen LogP contribution in [0.4, 0.5) is 0 Å². The highest BCUT2D eigenvalue weighted by atomic mass is 32.1. The van der Waals surface area contributed by atoms with E-state index in [0.717, 1.165) is 18.9 Å². The maximum absolute atomic E-state index is 5.32. The third kappa shape index (κ3) is 4.65. The minimum atomic E-state index is 0.450. The predicted octanol–water partition coefficient (Wildman–Crippen LogP) is 2.04. The molecule has 4 N–H and O–H groups in total. The van der Waals surface area contributed by atoms with Crippen LogP contribution >= 0.6 is 24.4 Å². The number of nitrogens with one attached hydrogen (secondary N) is 4. The van der Waals surface area contributed by atoms with Crippen LogP contribution in [0, 0.1) is 11.8 Å². The number of benzene rings is 1. The van der Waals surface area contributed by atoms with Crippen molar-refractivity contribution in [2.75, 3.05) is 6.54 Å². The number of thiocarbonyl (C=S) groups is 2. The maximum Gasteiger partial charge on any atom is 0.185 e. The van der Waals surface area contributed by atoms with E-state index in [1.54, 1.807) is 0 Å². The van der Waals surface area contributed by atoms with Gasteiger partial charge in [0, 0.05) is 12.6 Å². The van der Waals surface area contributed by atoms with Gasteiger partial charge in [0.15, 0.2) is 10.2 Å². The summed E-state index contributed by atoms with van der Waals surface area (Å²) in [6.45, 7) is 0.787. The van der Waals surface area contributed by atoms with Crippen molar-refractivity contribution in [3.8, 4) is 0 Å². The third-order valence-electron chi connectivity index (χ3n) is 4.43. The van der Waals surface area contributed by atoms with Crippen LogP contribution in [-0.4, -0.2) is 22.8 Å². The molecule has 0 heterocycles. The smallest absolute Gasteiger partial charge is 0.185 e. The summed E-state index contributed by atoms with van der Waals surface area (Å²) in [6.07, 6.45) is 7.99. The summed E-state index contributed by atoms with van der Waals surface area (Å²) in [7, 11) is 0. The lowest BCUT2D eigenvalue weighted by atomic mass is 10.0. The first-order valence-electron chi connectivity index (χ1n) is 8.03.